The molecule has 0 bridgehead atoms. The number of ether oxygens (including phenoxy) is 2. The maximum absolute atomic E-state index is 12.5. The fourth-order valence-corrected chi connectivity index (χ4v) is 3.66. The van der Waals surface area contributed by atoms with Crippen molar-refractivity contribution in [3.63, 3.8) is 0 Å². The molecular formula is C19H19N3O3S. The van der Waals surface area contributed by atoms with Crippen molar-refractivity contribution in [1.29, 1.82) is 0 Å². The van der Waals surface area contributed by atoms with E-state index in [1.54, 1.807) is 11.3 Å². The van der Waals surface area contributed by atoms with Gasteiger partial charge in [0, 0.05) is 6.54 Å². The first-order chi connectivity index (χ1) is 12.8. The molecule has 26 heavy (non-hydrogen) atoms. The van der Waals surface area contributed by atoms with E-state index in [1.807, 2.05) is 46.0 Å². The Labute approximate surface area is 155 Å². The molecule has 1 fully saturated rings. The van der Waals surface area contributed by atoms with Gasteiger partial charge in [-0.25, -0.2) is 9.97 Å². The zero-order valence-corrected chi connectivity index (χ0v) is 15.0. The summed E-state index contributed by atoms with van der Waals surface area (Å²) in [5, 5.41) is 4.88. The van der Waals surface area contributed by atoms with Crippen molar-refractivity contribution >= 4 is 28.1 Å². The summed E-state index contributed by atoms with van der Waals surface area (Å²) in [4.78, 5) is 22.8. The van der Waals surface area contributed by atoms with Crippen LogP contribution in [0.1, 0.15) is 5.56 Å². The molecule has 1 atom stereocenters. The van der Waals surface area contributed by atoms with Gasteiger partial charge in [-0.3, -0.25) is 4.79 Å². The van der Waals surface area contributed by atoms with Crippen LogP contribution in [0.2, 0.25) is 0 Å². The third-order valence-corrected chi connectivity index (χ3v) is 5.07. The summed E-state index contributed by atoms with van der Waals surface area (Å²) in [6, 6.07) is 9.71. The normalized spacial score (nSPS) is 17.4. The number of thiophene rings is 1. The number of hydrogen-bond acceptors (Lipinski definition) is 6. The van der Waals surface area contributed by atoms with Gasteiger partial charge in [0.25, 0.3) is 0 Å². The van der Waals surface area contributed by atoms with Gasteiger partial charge in [0.15, 0.2) is 0 Å². The Morgan fingerprint density at radius 3 is 3.12 bits per heavy atom. The Morgan fingerprint density at radius 2 is 2.23 bits per heavy atom. The predicted molar refractivity (Wildman–Crippen MR) is 99.4 cm³/mol. The Kier molecular flexibility index (Phi) is 5.08. The smallest absolute Gasteiger partial charge is 0.227 e. The Morgan fingerprint density at radius 1 is 1.31 bits per heavy atom. The van der Waals surface area contributed by atoms with Crippen LogP contribution >= 0.6 is 11.3 Å². The number of para-hydroxylation sites is 1. The lowest BCUT2D eigenvalue weighted by Gasteiger charge is -2.32. The number of aromatic nitrogens is 2. The Balaban J connectivity index is 1.37. The maximum atomic E-state index is 12.5. The third-order valence-electron chi connectivity index (χ3n) is 4.34. The van der Waals surface area contributed by atoms with Crippen LogP contribution in [0.5, 0.6) is 5.88 Å². The summed E-state index contributed by atoms with van der Waals surface area (Å²) in [5.74, 6) is 0.671. The highest BCUT2D eigenvalue weighted by atomic mass is 32.1. The van der Waals surface area contributed by atoms with Crippen molar-refractivity contribution in [3.05, 3.63) is 53.0 Å². The largest absolute Gasteiger partial charge is 0.474 e. The third kappa shape index (κ3) is 3.84. The molecule has 0 N–H and O–H groups in total. The van der Waals surface area contributed by atoms with Crippen molar-refractivity contribution in [1.82, 2.24) is 14.9 Å². The summed E-state index contributed by atoms with van der Waals surface area (Å²) in [6.45, 7) is 2.03. The number of rotatable bonds is 5. The molecule has 2 aromatic heterocycles. The molecule has 1 aromatic carbocycles. The van der Waals surface area contributed by atoms with Crippen LogP contribution in [0.3, 0.4) is 0 Å². The van der Waals surface area contributed by atoms with Gasteiger partial charge in [0.2, 0.25) is 11.8 Å². The van der Waals surface area contributed by atoms with Gasteiger partial charge in [0.05, 0.1) is 30.5 Å². The monoisotopic (exact) mass is 369 g/mol. The lowest BCUT2D eigenvalue weighted by atomic mass is 10.2. The van der Waals surface area contributed by atoms with Gasteiger partial charge in [-0.15, -0.1) is 0 Å². The molecule has 3 aromatic rings. The molecular weight excluding hydrogens is 350 g/mol. The number of benzene rings is 1. The molecule has 1 amide bonds. The fraction of sp³-hybridized carbons (Fsp3) is 0.316. The molecule has 3 heterocycles. The summed E-state index contributed by atoms with van der Waals surface area (Å²) in [6.07, 6.45) is 1.77. The summed E-state index contributed by atoms with van der Waals surface area (Å²) in [7, 11) is 0. The van der Waals surface area contributed by atoms with Gasteiger partial charge < -0.3 is 14.4 Å². The average molecular weight is 369 g/mol. The van der Waals surface area contributed by atoms with Gasteiger partial charge in [-0.2, -0.15) is 11.3 Å². The van der Waals surface area contributed by atoms with Crippen LogP contribution in [0.15, 0.2) is 47.4 Å². The highest BCUT2D eigenvalue weighted by molar-refractivity contribution is 7.08. The van der Waals surface area contributed by atoms with Crippen LogP contribution < -0.4 is 4.74 Å². The van der Waals surface area contributed by atoms with E-state index in [0.29, 0.717) is 38.6 Å². The fourth-order valence-electron chi connectivity index (χ4n) is 2.99. The predicted octanol–water partition coefficient (Wildman–Crippen LogP) is 2.54. The van der Waals surface area contributed by atoms with Crippen LogP contribution in [-0.4, -0.2) is 53.2 Å². The van der Waals surface area contributed by atoms with Gasteiger partial charge in [-0.1, -0.05) is 12.1 Å². The second-order valence-corrected chi connectivity index (χ2v) is 6.93. The van der Waals surface area contributed by atoms with Crippen molar-refractivity contribution in [2.75, 3.05) is 26.3 Å². The van der Waals surface area contributed by atoms with E-state index >= 15 is 0 Å². The van der Waals surface area contributed by atoms with E-state index in [9.17, 15) is 4.79 Å². The minimum atomic E-state index is -0.163. The van der Waals surface area contributed by atoms with E-state index in [2.05, 4.69) is 9.97 Å². The molecule has 0 spiro atoms. The quantitative estimate of drug-likeness (QED) is 0.692. The van der Waals surface area contributed by atoms with Crippen molar-refractivity contribution < 1.29 is 14.3 Å². The van der Waals surface area contributed by atoms with Crippen LogP contribution in [0.4, 0.5) is 0 Å². The molecule has 1 saturated heterocycles. The second kappa shape index (κ2) is 7.80. The molecule has 0 saturated carbocycles. The highest BCUT2D eigenvalue weighted by Crippen LogP contribution is 2.21. The van der Waals surface area contributed by atoms with E-state index in [0.717, 1.165) is 16.5 Å². The second-order valence-electron chi connectivity index (χ2n) is 6.15. The Hall–Kier alpha value is -2.51. The number of nitrogens with zero attached hydrogens (tertiary/aromatic N) is 3. The first-order valence-corrected chi connectivity index (χ1v) is 9.47. The zero-order chi connectivity index (χ0) is 17.8. The molecule has 134 valence electrons. The molecule has 0 aliphatic carbocycles. The number of carbonyl (C=O) groups excluding carboxylic acids is 1. The summed E-state index contributed by atoms with van der Waals surface area (Å²) in [5.41, 5.74) is 1.90. The zero-order valence-electron chi connectivity index (χ0n) is 14.2. The van der Waals surface area contributed by atoms with Crippen molar-refractivity contribution in [3.8, 4) is 5.88 Å². The number of morpholine rings is 1. The van der Waals surface area contributed by atoms with Gasteiger partial charge in [0.1, 0.15) is 19.0 Å². The number of hydrogen-bond donors (Lipinski definition) is 0. The van der Waals surface area contributed by atoms with Crippen LogP contribution in [0, 0.1) is 0 Å². The molecule has 1 unspecified atom stereocenters. The van der Waals surface area contributed by atoms with E-state index < -0.39 is 0 Å². The Bertz CT molecular complexity index is 879. The minimum absolute atomic E-state index is 0.129. The summed E-state index contributed by atoms with van der Waals surface area (Å²) >= 11 is 1.61. The first-order valence-electron chi connectivity index (χ1n) is 8.52. The average Bonchev–Trinajstić information content (AvgIpc) is 3.19. The maximum Gasteiger partial charge on any atom is 0.227 e. The van der Waals surface area contributed by atoms with E-state index in [-0.39, 0.29) is 12.0 Å². The molecule has 0 radical (unpaired) electrons. The molecule has 1 aliphatic rings. The number of fused-ring (bicyclic) bond motifs is 1. The summed E-state index contributed by atoms with van der Waals surface area (Å²) < 4.78 is 11.6. The first kappa shape index (κ1) is 16.9. The molecule has 7 heteroatoms. The topological polar surface area (TPSA) is 64.6 Å². The van der Waals surface area contributed by atoms with E-state index in [4.69, 9.17) is 9.47 Å². The highest BCUT2D eigenvalue weighted by Gasteiger charge is 2.25. The van der Waals surface area contributed by atoms with Gasteiger partial charge >= 0.3 is 0 Å². The van der Waals surface area contributed by atoms with Crippen molar-refractivity contribution in [2.24, 2.45) is 0 Å². The lowest BCUT2D eigenvalue weighted by Crippen LogP contribution is -2.48. The standard InChI is InChI=1S/C19H19N3O3S/c23-18(9-14-5-8-26-12-14)22-6-7-24-15(10-22)11-25-19-16-3-1-2-4-17(16)20-13-21-19/h1-5,8,12-13,15H,6-7,9-11H2. The lowest BCUT2D eigenvalue weighted by molar-refractivity contribution is -0.139. The molecule has 1 aliphatic heterocycles. The minimum Gasteiger partial charge on any atom is -0.474 e. The number of amides is 1. The number of carbonyl (C=O) groups is 1. The molecule has 4 rings (SSSR count). The van der Waals surface area contributed by atoms with Crippen LogP contribution in [0.25, 0.3) is 10.9 Å². The van der Waals surface area contributed by atoms with E-state index in [1.165, 1.54) is 6.33 Å². The molecule has 6 nitrogen and oxygen atoms in total. The van der Waals surface area contributed by atoms with Gasteiger partial charge in [-0.05, 0) is 34.5 Å². The SMILES string of the molecule is O=C(Cc1ccsc1)N1CCOC(COc2ncnc3ccccc23)C1. The van der Waals surface area contributed by atoms with Crippen LogP contribution in [-0.2, 0) is 16.0 Å². The van der Waals surface area contributed by atoms with Crippen molar-refractivity contribution in [2.45, 2.75) is 12.5 Å².